The van der Waals surface area contributed by atoms with Crippen molar-refractivity contribution < 1.29 is 13.5 Å². The van der Waals surface area contributed by atoms with Gasteiger partial charge < -0.3 is 9.67 Å². The Kier molecular flexibility index (Phi) is 4.67. The minimum atomic E-state index is -3.96. The van der Waals surface area contributed by atoms with Gasteiger partial charge in [-0.15, -0.1) is 5.11 Å². The fourth-order valence-electron chi connectivity index (χ4n) is 3.03. The van der Waals surface area contributed by atoms with Crippen molar-refractivity contribution in [1.82, 2.24) is 4.57 Å². The number of benzene rings is 3. The molecular formula is C21H17N3O3S. The first-order valence-electron chi connectivity index (χ1n) is 8.63. The van der Waals surface area contributed by atoms with Crippen molar-refractivity contribution in [3.8, 4) is 5.88 Å². The average Bonchev–Trinajstić information content (AvgIpc) is 2.99. The zero-order chi connectivity index (χ0) is 19.6. The molecule has 4 aromatic rings. The Morgan fingerprint density at radius 1 is 0.821 bits per heavy atom. The quantitative estimate of drug-likeness (QED) is 0.493. The second-order valence-corrected chi connectivity index (χ2v) is 7.82. The molecule has 3 aromatic carbocycles. The summed E-state index contributed by atoms with van der Waals surface area (Å²) in [5, 5.41) is 15.3. The predicted octanol–water partition coefficient (Wildman–Crippen LogP) is 4.87. The van der Waals surface area contributed by atoms with Crippen molar-refractivity contribution in [3.63, 3.8) is 0 Å². The molecule has 6 nitrogen and oxygen atoms in total. The van der Waals surface area contributed by atoms with Crippen LogP contribution in [0.5, 0.6) is 5.88 Å². The lowest BCUT2D eigenvalue weighted by atomic mass is 10.2. The number of aromatic hydroxyl groups is 1. The Bertz CT molecular complexity index is 1250. The second-order valence-electron chi connectivity index (χ2n) is 6.23. The Morgan fingerprint density at radius 3 is 2.14 bits per heavy atom. The predicted molar refractivity (Wildman–Crippen MR) is 107 cm³/mol. The molecule has 0 saturated heterocycles. The molecule has 0 radical (unpaired) electrons. The number of nitrogens with zero attached hydrogens (tertiary/aromatic N) is 3. The van der Waals surface area contributed by atoms with Gasteiger partial charge in [0.15, 0.2) is 5.69 Å². The maximum atomic E-state index is 12.4. The van der Waals surface area contributed by atoms with Gasteiger partial charge in [-0.2, -0.15) is 8.42 Å². The van der Waals surface area contributed by atoms with Gasteiger partial charge in [0.05, 0.1) is 17.0 Å². The van der Waals surface area contributed by atoms with E-state index in [9.17, 15) is 13.5 Å². The van der Waals surface area contributed by atoms with Crippen LogP contribution in [0.1, 0.15) is 5.56 Å². The molecule has 0 aliphatic carbocycles. The summed E-state index contributed by atoms with van der Waals surface area (Å²) in [7, 11) is -3.96. The smallest absolute Gasteiger partial charge is 0.299 e. The highest BCUT2D eigenvalue weighted by Gasteiger charge is 2.18. The molecule has 1 N–H and O–H groups in total. The van der Waals surface area contributed by atoms with Crippen LogP contribution < -0.4 is 0 Å². The van der Waals surface area contributed by atoms with E-state index in [-0.39, 0.29) is 16.5 Å². The molecule has 0 fully saturated rings. The molecule has 7 heteroatoms. The third-order valence-corrected chi connectivity index (χ3v) is 5.55. The number of rotatable bonds is 5. The molecule has 0 aliphatic heterocycles. The molecule has 1 heterocycles. The first kappa shape index (κ1) is 17.9. The van der Waals surface area contributed by atoms with Gasteiger partial charge in [-0.1, -0.05) is 71.2 Å². The normalized spacial score (nSPS) is 12.0. The van der Waals surface area contributed by atoms with Crippen LogP contribution in [-0.4, -0.2) is 18.1 Å². The Labute approximate surface area is 162 Å². The Balaban J connectivity index is 1.79. The highest BCUT2D eigenvalue weighted by atomic mass is 32.2. The van der Waals surface area contributed by atoms with Gasteiger partial charge in [-0.25, -0.2) is 0 Å². The topological polar surface area (TPSA) is 84.0 Å². The fourth-order valence-corrected chi connectivity index (χ4v) is 3.81. The van der Waals surface area contributed by atoms with Crippen LogP contribution in [0.15, 0.2) is 99.5 Å². The maximum Gasteiger partial charge on any atom is 0.299 e. The fraction of sp³-hybridized carbons (Fsp3) is 0.0476. The molecule has 0 bridgehead atoms. The zero-order valence-corrected chi connectivity index (χ0v) is 15.6. The van der Waals surface area contributed by atoms with E-state index in [0.717, 1.165) is 11.1 Å². The summed E-state index contributed by atoms with van der Waals surface area (Å²) in [6.07, 6.45) is 0. The van der Waals surface area contributed by atoms with Crippen LogP contribution in [0.4, 0.5) is 5.69 Å². The molecule has 28 heavy (non-hydrogen) atoms. The number of para-hydroxylation sites is 1. The van der Waals surface area contributed by atoms with Crippen molar-refractivity contribution in [1.29, 1.82) is 0 Å². The first-order valence-corrected chi connectivity index (χ1v) is 10.1. The van der Waals surface area contributed by atoms with Crippen molar-refractivity contribution in [2.75, 3.05) is 0 Å². The number of sulfonamides is 1. The van der Waals surface area contributed by atoms with Crippen molar-refractivity contribution in [3.05, 3.63) is 90.5 Å². The Hall–Kier alpha value is -3.45. The standard InChI is InChI=1S/C21H17N3O3S/c25-21-20(22-23-28(26,27)17-11-5-2-6-12-17)18-13-7-8-14-19(18)24(21)15-16-9-3-1-4-10-16/h1-14,25H,15H2. The number of aromatic nitrogens is 1. The van der Waals surface area contributed by atoms with E-state index in [4.69, 9.17) is 0 Å². The molecule has 0 spiro atoms. The van der Waals surface area contributed by atoms with Gasteiger partial charge in [-0.3, -0.25) is 0 Å². The summed E-state index contributed by atoms with van der Waals surface area (Å²) in [6.45, 7) is 0.425. The molecule has 140 valence electrons. The van der Waals surface area contributed by atoms with Gasteiger partial charge in [0.2, 0.25) is 5.88 Å². The van der Waals surface area contributed by atoms with E-state index in [0.29, 0.717) is 11.9 Å². The van der Waals surface area contributed by atoms with Crippen molar-refractivity contribution in [2.24, 2.45) is 9.63 Å². The minimum absolute atomic E-state index is 0.0475. The molecular weight excluding hydrogens is 374 g/mol. The lowest BCUT2D eigenvalue weighted by Crippen LogP contribution is -1.98. The third kappa shape index (κ3) is 3.39. The van der Waals surface area contributed by atoms with Crippen LogP contribution in [0.3, 0.4) is 0 Å². The molecule has 4 rings (SSSR count). The highest BCUT2D eigenvalue weighted by Crippen LogP contribution is 2.39. The van der Waals surface area contributed by atoms with Gasteiger partial charge in [0, 0.05) is 5.39 Å². The van der Waals surface area contributed by atoms with E-state index in [1.165, 1.54) is 12.1 Å². The third-order valence-electron chi connectivity index (χ3n) is 4.39. The van der Waals surface area contributed by atoms with Crippen LogP contribution in [0.25, 0.3) is 10.9 Å². The van der Waals surface area contributed by atoms with Gasteiger partial charge >= 0.3 is 0 Å². The summed E-state index contributed by atoms with van der Waals surface area (Å²) in [5.41, 5.74) is 1.87. The molecule has 0 atom stereocenters. The Morgan fingerprint density at radius 2 is 1.43 bits per heavy atom. The molecule has 1 aromatic heterocycles. The van der Waals surface area contributed by atoms with Gasteiger partial charge in [0.25, 0.3) is 10.0 Å². The lowest BCUT2D eigenvalue weighted by molar-refractivity contribution is 0.429. The van der Waals surface area contributed by atoms with Crippen LogP contribution >= 0.6 is 0 Å². The van der Waals surface area contributed by atoms with Crippen molar-refractivity contribution >= 4 is 26.6 Å². The number of fused-ring (bicyclic) bond motifs is 1. The van der Waals surface area contributed by atoms with E-state index in [1.54, 1.807) is 34.9 Å². The number of hydrogen-bond acceptors (Lipinski definition) is 4. The first-order chi connectivity index (χ1) is 13.6. The molecule has 0 unspecified atom stereocenters. The maximum absolute atomic E-state index is 12.4. The summed E-state index contributed by atoms with van der Waals surface area (Å²) >= 11 is 0. The molecule has 0 aliphatic rings. The lowest BCUT2D eigenvalue weighted by Gasteiger charge is -2.06. The summed E-state index contributed by atoms with van der Waals surface area (Å²) in [5.74, 6) is -0.128. The van der Waals surface area contributed by atoms with Crippen molar-refractivity contribution in [2.45, 2.75) is 11.4 Å². The number of hydrogen-bond donors (Lipinski definition) is 1. The monoisotopic (exact) mass is 391 g/mol. The van der Waals surface area contributed by atoms with E-state index in [1.807, 2.05) is 42.5 Å². The van der Waals surface area contributed by atoms with E-state index >= 15 is 0 Å². The minimum Gasteiger partial charge on any atom is -0.493 e. The van der Waals surface area contributed by atoms with E-state index < -0.39 is 10.0 Å². The SMILES string of the molecule is O=S(=O)(N=Nc1c(O)n(Cc2ccccc2)c2ccccc12)c1ccccc1. The summed E-state index contributed by atoms with van der Waals surface area (Å²) in [4.78, 5) is 0.0475. The molecule has 0 saturated carbocycles. The largest absolute Gasteiger partial charge is 0.493 e. The van der Waals surface area contributed by atoms with Gasteiger partial charge in [-0.05, 0) is 23.8 Å². The molecule has 0 amide bonds. The van der Waals surface area contributed by atoms with Crippen LogP contribution in [-0.2, 0) is 16.6 Å². The van der Waals surface area contributed by atoms with Crippen LogP contribution in [0, 0.1) is 0 Å². The van der Waals surface area contributed by atoms with Gasteiger partial charge in [0.1, 0.15) is 0 Å². The average molecular weight is 391 g/mol. The highest BCUT2D eigenvalue weighted by molar-refractivity contribution is 7.90. The zero-order valence-electron chi connectivity index (χ0n) is 14.8. The van der Waals surface area contributed by atoms with E-state index in [2.05, 4.69) is 9.63 Å². The summed E-state index contributed by atoms with van der Waals surface area (Å²) in [6, 6.07) is 24.8. The van der Waals surface area contributed by atoms with Crippen LogP contribution in [0.2, 0.25) is 0 Å². The summed E-state index contributed by atoms with van der Waals surface area (Å²) < 4.78 is 30.0. The second kappa shape index (κ2) is 7.28.